The quantitative estimate of drug-likeness (QED) is 0.574. The van der Waals surface area contributed by atoms with E-state index in [-0.39, 0.29) is 7.09 Å². The summed E-state index contributed by atoms with van der Waals surface area (Å²) in [5.41, 5.74) is 0.913. The number of thioether (sulfide) groups is 1. The molecule has 0 unspecified atom stereocenters. The average Bonchev–Trinajstić information content (AvgIpc) is 2.67. The van der Waals surface area contributed by atoms with Crippen LogP contribution in [-0.2, 0) is 20.9 Å². The third-order valence-corrected chi connectivity index (χ3v) is 3.92. The number of carbonyl (C=O) groups is 2. The van der Waals surface area contributed by atoms with Crippen LogP contribution in [0.1, 0.15) is 6.93 Å². The van der Waals surface area contributed by atoms with E-state index in [9.17, 15) is 9.59 Å². The molecule has 1 heterocycles. The summed E-state index contributed by atoms with van der Waals surface area (Å²) in [5, 5.41) is 0. The number of methoxy groups -OCH3 is 2. The number of esters is 1. The van der Waals surface area contributed by atoms with E-state index in [4.69, 9.17) is 6.11 Å². The number of amides is 1. The molecule has 1 aliphatic heterocycles. The maximum absolute atomic E-state index is 11.9. The number of rotatable bonds is 1. The topological polar surface area (TPSA) is 55.8 Å². The van der Waals surface area contributed by atoms with Crippen molar-refractivity contribution in [1.82, 2.24) is 4.90 Å². The summed E-state index contributed by atoms with van der Waals surface area (Å²) in [6.07, 6.45) is 0. The number of fused-ring (bicyclic) bond motifs is 1. The fraction of sp³-hybridized carbons (Fsp3) is 0.385. The number of nitrogens with zero attached hydrogens (tertiary/aromatic N) is 1. The van der Waals surface area contributed by atoms with E-state index >= 15 is 0 Å². The third kappa shape index (κ3) is 3.01. The van der Waals surface area contributed by atoms with Crippen LogP contribution >= 0.6 is 11.8 Å². The second-order valence-electron chi connectivity index (χ2n) is 3.98. The molecule has 0 N–H and O–H groups in total. The number of benzene rings is 1. The minimum atomic E-state index is -0.850. The van der Waals surface area contributed by atoms with Crippen molar-refractivity contribution in [3.8, 4) is 5.75 Å². The molecule has 5 nitrogen and oxygen atoms in total. The van der Waals surface area contributed by atoms with Crippen LogP contribution in [0, 0.1) is 0 Å². The summed E-state index contributed by atoms with van der Waals surface area (Å²) in [4.78, 5) is 25.7. The highest BCUT2D eigenvalue weighted by Crippen LogP contribution is 2.30. The predicted molar refractivity (Wildman–Crippen MR) is 71.2 cm³/mol. The minimum Gasteiger partial charge on any atom is -0.497 e. The summed E-state index contributed by atoms with van der Waals surface area (Å²) in [6.45, 7) is 0.827. The molecule has 0 atom stereocenters. The van der Waals surface area contributed by atoms with Gasteiger partial charge in [-0.3, -0.25) is 4.79 Å². The summed E-state index contributed by atoms with van der Waals surface area (Å²) in [7, 11) is 1.04. The van der Waals surface area contributed by atoms with Gasteiger partial charge >= 0.3 is 11.9 Å². The molecule has 19 heavy (non-hydrogen) atoms. The van der Waals surface area contributed by atoms with E-state index in [2.05, 4.69) is 4.74 Å². The normalized spacial score (nSPS) is 15.0. The van der Waals surface area contributed by atoms with E-state index in [1.54, 1.807) is 23.9 Å². The lowest BCUT2D eigenvalue weighted by atomic mass is 10.2. The first-order chi connectivity index (χ1) is 9.65. The average molecular weight is 283 g/mol. The standard InChI is InChI=1S/C13H15NO4S/c1-17-10-3-4-11-9(7-10)8-14(5-6-19-11)12(15)13(16)18-2/h3-4,7H,5-6,8H2,1-2H3/i1T. The molecule has 0 spiro atoms. The van der Waals surface area contributed by atoms with Crippen LogP contribution in [0.25, 0.3) is 0 Å². The van der Waals surface area contributed by atoms with Gasteiger partial charge in [0.1, 0.15) is 5.75 Å². The minimum absolute atomic E-state index is 0.156. The van der Waals surface area contributed by atoms with Gasteiger partial charge in [0.2, 0.25) is 0 Å². The van der Waals surface area contributed by atoms with Crippen LogP contribution in [0.3, 0.4) is 0 Å². The lowest BCUT2D eigenvalue weighted by Gasteiger charge is -2.19. The fourth-order valence-corrected chi connectivity index (χ4v) is 2.85. The number of carbonyl (C=O) groups excluding carboxylic acids is 2. The zero-order chi connectivity index (χ0) is 14.5. The summed E-state index contributed by atoms with van der Waals surface area (Å²) < 4.78 is 16.7. The Hall–Kier alpha value is -1.69. The van der Waals surface area contributed by atoms with Crippen molar-refractivity contribution in [1.29, 1.82) is 0 Å². The first kappa shape index (κ1) is 12.3. The molecule has 1 aliphatic rings. The Morgan fingerprint density at radius 2 is 2.32 bits per heavy atom. The Morgan fingerprint density at radius 3 is 3.05 bits per heavy atom. The SMILES string of the molecule is [3H]COc1ccc2c(c1)CN(C(=O)C(=O)OC)CCS2. The van der Waals surface area contributed by atoms with Crippen molar-refractivity contribution >= 4 is 23.6 Å². The first-order valence-electron chi connectivity index (χ1n) is 6.41. The van der Waals surface area contributed by atoms with Gasteiger partial charge in [0.15, 0.2) is 0 Å². The number of ether oxygens (including phenoxy) is 2. The second kappa shape index (κ2) is 5.97. The maximum Gasteiger partial charge on any atom is 0.396 e. The van der Waals surface area contributed by atoms with Crippen molar-refractivity contribution in [3.05, 3.63) is 23.8 Å². The highest BCUT2D eigenvalue weighted by molar-refractivity contribution is 7.99. The Morgan fingerprint density at radius 1 is 1.47 bits per heavy atom. The molecule has 0 saturated carbocycles. The van der Waals surface area contributed by atoms with Gasteiger partial charge in [0.05, 0.1) is 15.6 Å². The molecule has 6 heteroatoms. The molecule has 0 aromatic heterocycles. The van der Waals surface area contributed by atoms with Gasteiger partial charge in [-0.05, 0) is 23.8 Å². The molecule has 0 saturated heterocycles. The first-order valence-corrected chi connectivity index (χ1v) is 6.69. The van der Waals surface area contributed by atoms with Crippen molar-refractivity contribution in [2.45, 2.75) is 11.4 Å². The number of hydrogen-bond donors (Lipinski definition) is 0. The van der Waals surface area contributed by atoms with Gasteiger partial charge in [-0.15, -0.1) is 11.8 Å². The Labute approximate surface area is 117 Å². The number of hydrogen-bond acceptors (Lipinski definition) is 5. The molecule has 1 amide bonds. The Kier molecular flexibility index (Phi) is 3.88. The van der Waals surface area contributed by atoms with E-state index in [0.717, 1.165) is 10.5 Å². The van der Waals surface area contributed by atoms with Crippen LogP contribution in [0.15, 0.2) is 23.1 Å². The van der Waals surface area contributed by atoms with Gasteiger partial charge in [-0.1, -0.05) is 0 Å². The Balaban J connectivity index is 2.21. The van der Waals surface area contributed by atoms with Gasteiger partial charge in [0, 0.05) is 23.7 Å². The van der Waals surface area contributed by atoms with Gasteiger partial charge in [-0.2, -0.15) is 0 Å². The molecule has 0 fully saturated rings. The van der Waals surface area contributed by atoms with Crippen LogP contribution in [0.2, 0.25) is 0 Å². The molecular formula is C13H15NO4S. The molecule has 2 rings (SSSR count). The van der Waals surface area contributed by atoms with E-state index in [1.165, 1.54) is 12.0 Å². The van der Waals surface area contributed by atoms with Crippen molar-refractivity contribution in [3.63, 3.8) is 0 Å². The van der Waals surface area contributed by atoms with Crippen LogP contribution in [0.5, 0.6) is 5.75 Å². The highest BCUT2D eigenvalue weighted by atomic mass is 32.2. The van der Waals surface area contributed by atoms with Gasteiger partial charge < -0.3 is 14.4 Å². The van der Waals surface area contributed by atoms with Gasteiger partial charge in [-0.25, -0.2) is 4.79 Å². The van der Waals surface area contributed by atoms with Crippen molar-refractivity contribution in [2.75, 3.05) is 26.5 Å². The predicted octanol–water partition coefficient (Wildman–Crippen LogP) is 1.30. The van der Waals surface area contributed by atoms with Crippen LogP contribution in [-0.4, -0.2) is 43.3 Å². The third-order valence-electron chi connectivity index (χ3n) is 2.83. The molecule has 102 valence electrons. The smallest absolute Gasteiger partial charge is 0.396 e. The van der Waals surface area contributed by atoms with Crippen molar-refractivity contribution < 1.29 is 20.4 Å². The summed E-state index contributed by atoms with van der Waals surface area (Å²) in [6, 6.07) is 5.52. The molecule has 0 radical (unpaired) electrons. The molecule has 1 aromatic rings. The monoisotopic (exact) mass is 283 g/mol. The van der Waals surface area contributed by atoms with E-state index in [1.807, 2.05) is 6.07 Å². The lowest BCUT2D eigenvalue weighted by molar-refractivity contribution is -0.158. The lowest BCUT2D eigenvalue weighted by Crippen LogP contribution is -2.37. The summed E-state index contributed by atoms with van der Waals surface area (Å²) in [5.74, 6) is -0.175. The molecule has 1 aromatic carbocycles. The molecular weight excluding hydrogens is 266 g/mol. The van der Waals surface area contributed by atoms with Crippen LogP contribution in [0.4, 0.5) is 0 Å². The zero-order valence-corrected chi connectivity index (χ0v) is 11.4. The zero-order valence-electron chi connectivity index (χ0n) is 11.5. The molecule has 0 aliphatic carbocycles. The van der Waals surface area contributed by atoms with Crippen LogP contribution < -0.4 is 4.74 Å². The maximum atomic E-state index is 11.9. The van der Waals surface area contributed by atoms with Gasteiger partial charge in [0.25, 0.3) is 0 Å². The van der Waals surface area contributed by atoms with E-state index < -0.39 is 11.9 Å². The second-order valence-corrected chi connectivity index (χ2v) is 5.12. The van der Waals surface area contributed by atoms with Crippen molar-refractivity contribution in [2.24, 2.45) is 0 Å². The molecule has 0 bridgehead atoms. The summed E-state index contributed by atoms with van der Waals surface area (Å²) >= 11 is 1.63. The van der Waals surface area contributed by atoms with E-state index in [0.29, 0.717) is 24.6 Å². The Bertz CT molecular complexity index is 523. The highest BCUT2D eigenvalue weighted by Gasteiger charge is 2.25. The fourth-order valence-electron chi connectivity index (χ4n) is 1.85. The largest absolute Gasteiger partial charge is 0.497 e.